The number of nitrogens with zero attached hydrogens (tertiary/aromatic N) is 5. The molecule has 0 aliphatic heterocycles. The lowest BCUT2D eigenvalue weighted by Crippen LogP contribution is -2.20. The van der Waals surface area contributed by atoms with Gasteiger partial charge < -0.3 is 0 Å². The third-order valence-electron chi connectivity index (χ3n) is 2.98. The smallest absolute Gasteiger partial charge is 0.246 e. The molecule has 1 aromatic carbocycles. The van der Waals surface area contributed by atoms with Gasteiger partial charge in [0.15, 0.2) is 5.65 Å². The van der Waals surface area contributed by atoms with Crippen LogP contribution in [0, 0.1) is 11.3 Å². The highest BCUT2D eigenvalue weighted by atomic mass is 35.5. The van der Waals surface area contributed by atoms with Crippen molar-refractivity contribution in [3.63, 3.8) is 0 Å². The van der Waals surface area contributed by atoms with Crippen molar-refractivity contribution in [1.82, 2.24) is 19.2 Å². The van der Waals surface area contributed by atoms with E-state index in [0.29, 0.717) is 21.4 Å². The summed E-state index contributed by atoms with van der Waals surface area (Å²) in [5, 5.41) is 14.2. The quantitative estimate of drug-likeness (QED) is 0.686. The van der Waals surface area contributed by atoms with Crippen LogP contribution < -0.4 is 5.69 Å². The number of hydrogen-bond donors (Lipinski definition) is 0. The number of fused-ring (bicyclic) bond motifs is 1. The van der Waals surface area contributed by atoms with Crippen LogP contribution in [0.5, 0.6) is 0 Å². The molecule has 3 aromatic rings. The fourth-order valence-electron chi connectivity index (χ4n) is 1.93. The molecule has 0 fully saturated rings. The molecule has 2 heterocycles. The maximum atomic E-state index is 12.0. The maximum absolute atomic E-state index is 12.0. The molecule has 0 spiro atoms. The molecule has 0 N–H and O–H groups in total. The number of nitriles is 1. The fourth-order valence-corrected chi connectivity index (χ4v) is 2.96. The lowest BCUT2D eigenvalue weighted by atomic mass is 10.2. The number of benzene rings is 1. The minimum Gasteiger partial charge on any atom is -0.246 e. The summed E-state index contributed by atoms with van der Waals surface area (Å²) in [6, 6.07) is 9.46. The molecule has 3 rings (SSSR count). The van der Waals surface area contributed by atoms with E-state index in [1.165, 1.54) is 16.2 Å². The highest BCUT2D eigenvalue weighted by Gasteiger charge is 2.11. The van der Waals surface area contributed by atoms with Gasteiger partial charge in [0.25, 0.3) is 0 Å². The lowest BCUT2D eigenvalue weighted by molar-refractivity contribution is 0.679. The fraction of sp³-hybridized carbons (Fsp3) is 0.143. The van der Waals surface area contributed by atoms with Gasteiger partial charge >= 0.3 is 5.69 Å². The summed E-state index contributed by atoms with van der Waals surface area (Å²) >= 11 is 7.34. The molecule has 0 saturated heterocycles. The Morgan fingerprint density at radius 3 is 2.82 bits per heavy atom. The molecule has 2 aromatic heterocycles. The van der Waals surface area contributed by atoms with Gasteiger partial charge in [-0.2, -0.15) is 9.94 Å². The number of aromatic nitrogens is 4. The van der Waals surface area contributed by atoms with E-state index >= 15 is 0 Å². The van der Waals surface area contributed by atoms with Gasteiger partial charge in [-0.25, -0.2) is 14.2 Å². The van der Waals surface area contributed by atoms with Crippen LogP contribution in [-0.2, 0) is 12.3 Å². The molecular formula is C14H10ClN5OS. The zero-order valence-electron chi connectivity index (χ0n) is 11.3. The summed E-state index contributed by atoms with van der Waals surface area (Å²) in [5.41, 5.74) is 1.21. The van der Waals surface area contributed by atoms with E-state index in [2.05, 4.69) is 10.1 Å². The Labute approximate surface area is 135 Å². The van der Waals surface area contributed by atoms with E-state index in [9.17, 15) is 4.79 Å². The molecular weight excluding hydrogens is 322 g/mol. The minimum atomic E-state index is -0.340. The molecule has 0 aliphatic rings. The van der Waals surface area contributed by atoms with E-state index in [-0.39, 0.29) is 12.2 Å². The first-order chi connectivity index (χ1) is 10.7. The number of halogens is 1. The molecule has 0 aliphatic carbocycles. The van der Waals surface area contributed by atoms with E-state index < -0.39 is 0 Å². The standard InChI is InChI=1S/C14H10ClN5OS/c15-11-3-1-10(2-4-11)9-22-13-12-18-20(7-5-16)14(21)19(12)8-6-17-13/h1-4,6,8H,7,9H2. The average molecular weight is 332 g/mol. The minimum absolute atomic E-state index is 0.0815. The molecule has 0 bridgehead atoms. The predicted octanol–water partition coefficient (Wildman–Crippen LogP) is 2.36. The lowest BCUT2D eigenvalue weighted by Gasteiger charge is -2.02. The molecule has 22 heavy (non-hydrogen) atoms. The van der Waals surface area contributed by atoms with E-state index in [1.54, 1.807) is 12.4 Å². The second-order valence-electron chi connectivity index (χ2n) is 4.44. The van der Waals surface area contributed by atoms with Crippen LogP contribution in [0.4, 0.5) is 0 Å². The largest absolute Gasteiger partial charge is 0.351 e. The Balaban J connectivity index is 1.90. The van der Waals surface area contributed by atoms with Gasteiger partial charge in [0.05, 0.1) is 6.07 Å². The summed E-state index contributed by atoms with van der Waals surface area (Å²) in [5.74, 6) is 0.684. The second-order valence-corrected chi connectivity index (χ2v) is 5.84. The monoisotopic (exact) mass is 331 g/mol. The molecule has 6 nitrogen and oxygen atoms in total. The van der Waals surface area contributed by atoms with Crippen LogP contribution in [0.3, 0.4) is 0 Å². The SMILES string of the molecule is N#CCn1nc2c(SCc3ccc(Cl)cc3)nccn2c1=O. The first-order valence-electron chi connectivity index (χ1n) is 6.37. The molecule has 0 amide bonds. The van der Waals surface area contributed by atoms with Crippen molar-refractivity contribution in [1.29, 1.82) is 5.26 Å². The molecule has 8 heteroatoms. The van der Waals surface area contributed by atoms with Crippen LogP contribution in [0.2, 0.25) is 5.02 Å². The number of hydrogen-bond acceptors (Lipinski definition) is 5. The van der Waals surface area contributed by atoms with Gasteiger partial charge in [-0.15, -0.1) is 5.10 Å². The molecule has 0 radical (unpaired) electrons. The summed E-state index contributed by atoms with van der Waals surface area (Å²) in [6.07, 6.45) is 3.10. The summed E-state index contributed by atoms with van der Waals surface area (Å²) in [7, 11) is 0. The van der Waals surface area contributed by atoms with Crippen LogP contribution in [0.15, 0.2) is 46.5 Å². The Morgan fingerprint density at radius 1 is 1.32 bits per heavy atom. The van der Waals surface area contributed by atoms with Crippen molar-refractivity contribution in [2.24, 2.45) is 0 Å². The average Bonchev–Trinajstić information content (AvgIpc) is 2.85. The molecule has 110 valence electrons. The van der Waals surface area contributed by atoms with E-state index in [1.807, 2.05) is 30.3 Å². The van der Waals surface area contributed by atoms with Gasteiger partial charge in [0.1, 0.15) is 11.6 Å². The Kier molecular flexibility index (Phi) is 4.13. The van der Waals surface area contributed by atoms with Gasteiger partial charge in [0, 0.05) is 23.2 Å². The molecule has 0 unspecified atom stereocenters. The van der Waals surface area contributed by atoms with Crippen LogP contribution in [0.1, 0.15) is 5.56 Å². The molecule has 0 saturated carbocycles. The van der Waals surface area contributed by atoms with Crippen molar-refractivity contribution < 1.29 is 0 Å². The predicted molar refractivity (Wildman–Crippen MR) is 83.9 cm³/mol. The number of rotatable bonds is 4. The first-order valence-corrected chi connectivity index (χ1v) is 7.74. The highest BCUT2D eigenvalue weighted by molar-refractivity contribution is 7.98. The first kappa shape index (κ1) is 14.6. The van der Waals surface area contributed by atoms with Crippen LogP contribution >= 0.6 is 23.4 Å². The third kappa shape index (κ3) is 2.84. The van der Waals surface area contributed by atoms with Gasteiger partial charge in [0.2, 0.25) is 0 Å². The van der Waals surface area contributed by atoms with E-state index in [0.717, 1.165) is 10.2 Å². The van der Waals surface area contributed by atoms with E-state index in [4.69, 9.17) is 16.9 Å². The van der Waals surface area contributed by atoms with Crippen molar-refractivity contribution in [3.05, 3.63) is 57.7 Å². The van der Waals surface area contributed by atoms with Gasteiger partial charge in [-0.05, 0) is 17.7 Å². The number of thioether (sulfide) groups is 1. The molecule has 0 atom stereocenters. The maximum Gasteiger partial charge on any atom is 0.351 e. The zero-order valence-corrected chi connectivity index (χ0v) is 12.9. The van der Waals surface area contributed by atoms with Crippen LogP contribution in [-0.4, -0.2) is 19.2 Å². The van der Waals surface area contributed by atoms with Crippen molar-refractivity contribution in [3.8, 4) is 6.07 Å². The Morgan fingerprint density at radius 2 is 2.09 bits per heavy atom. The highest BCUT2D eigenvalue weighted by Crippen LogP contribution is 2.24. The third-order valence-corrected chi connectivity index (χ3v) is 4.27. The Bertz CT molecular complexity index is 910. The second kappa shape index (κ2) is 6.22. The van der Waals surface area contributed by atoms with Crippen molar-refractivity contribution in [2.75, 3.05) is 0 Å². The van der Waals surface area contributed by atoms with Gasteiger partial charge in [-0.3, -0.25) is 0 Å². The summed E-state index contributed by atoms with van der Waals surface area (Å²) < 4.78 is 2.53. The van der Waals surface area contributed by atoms with Gasteiger partial charge in [-0.1, -0.05) is 35.5 Å². The zero-order chi connectivity index (χ0) is 15.5. The normalized spacial score (nSPS) is 10.7. The summed E-state index contributed by atoms with van der Waals surface area (Å²) in [4.78, 5) is 16.3. The topological polar surface area (TPSA) is 76.0 Å². The summed E-state index contributed by atoms with van der Waals surface area (Å²) in [6.45, 7) is -0.0815. The van der Waals surface area contributed by atoms with Crippen molar-refractivity contribution >= 4 is 29.0 Å². The van der Waals surface area contributed by atoms with Crippen LogP contribution in [0.25, 0.3) is 5.65 Å². The Hall–Kier alpha value is -2.30. The van der Waals surface area contributed by atoms with Crippen molar-refractivity contribution in [2.45, 2.75) is 17.3 Å².